The van der Waals surface area contributed by atoms with E-state index in [1.54, 1.807) is 24.0 Å². The van der Waals surface area contributed by atoms with Gasteiger partial charge in [-0.05, 0) is 55.0 Å². The van der Waals surface area contributed by atoms with Crippen LogP contribution in [0.2, 0.25) is 0 Å². The largest absolute Gasteiger partial charge is 0.462 e. The van der Waals surface area contributed by atoms with Gasteiger partial charge in [-0.1, -0.05) is 24.3 Å². The number of anilines is 1. The van der Waals surface area contributed by atoms with Crippen molar-refractivity contribution < 1.29 is 23.8 Å². The summed E-state index contributed by atoms with van der Waals surface area (Å²) in [5, 5.41) is 3.45. The summed E-state index contributed by atoms with van der Waals surface area (Å²) < 4.78 is 15.9. The highest BCUT2D eigenvalue weighted by molar-refractivity contribution is 5.99. The lowest BCUT2D eigenvalue weighted by molar-refractivity contribution is 0.0526. The van der Waals surface area contributed by atoms with Crippen molar-refractivity contribution in [3.63, 3.8) is 0 Å². The van der Waals surface area contributed by atoms with Gasteiger partial charge in [-0.3, -0.25) is 4.79 Å². The molecule has 3 aromatic rings. The molecule has 0 aromatic heterocycles. The molecule has 7 heteroatoms. The molecule has 162 valence electrons. The topological polar surface area (TPSA) is 77.1 Å². The van der Waals surface area contributed by atoms with Crippen LogP contribution in [0.5, 0.6) is 11.5 Å². The van der Waals surface area contributed by atoms with Crippen molar-refractivity contribution in [1.82, 2.24) is 4.90 Å². The molecule has 5 rings (SSSR count). The first-order valence-electron chi connectivity index (χ1n) is 10.5. The number of carbonyl (C=O) groups is 2. The average molecular weight is 430 g/mol. The van der Waals surface area contributed by atoms with Gasteiger partial charge in [0.25, 0.3) is 5.91 Å². The van der Waals surface area contributed by atoms with E-state index in [1.165, 1.54) is 0 Å². The van der Waals surface area contributed by atoms with Crippen LogP contribution in [0.15, 0.2) is 66.7 Å². The zero-order valence-electron chi connectivity index (χ0n) is 17.5. The van der Waals surface area contributed by atoms with Crippen LogP contribution in [0.4, 0.5) is 5.69 Å². The van der Waals surface area contributed by atoms with Gasteiger partial charge in [-0.2, -0.15) is 0 Å². The van der Waals surface area contributed by atoms with Crippen LogP contribution in [0.25, 0.3) is 0 Å². The summed E-state index contributed by atoms with van der Waals surface area (Å²) in [6.07, 6.45) is -0.349. The Morgan fingerprint density at radius 3 is 2.66 bits per heavy atom. The minimum Gasteiger partial charge on any atom is -0.462 e. The maximum atomic E-state index is 13.2. The standard InChI is InChI=1S/C25H22N2O5/c1-2-30-25(29)17-8-10-18(11-9-17)26-23-19-5-3-4-6-20(19)24(28)27(23)14-16-7-12-21-22(13-16)32-15-31-21/h3-13,23,26H,2,14-15H2,1H3/t23-/m0/s1. The van der Waals surface area contributed by atoms with E-state index in [0.717, 1.165) is 16.8 Å². The second-order valence-corrected chi connectivity index (χ2v) is 7.55. The van der Waals surface area contributed by atoms with Crippen molar-refractivity contribution in [3.05, 3.63) is 89.0 Å². The molecule has 0 fully saturated rings. The summed E-state index contributed by atoms with van der Waals surface area (Å²) in [5.41, 5.74) is 3.81. The van der Waals surface area contributed by atoms with E-state index >= 15 is 0 Å². The quantitative estimate of drug-likeness (QED) is 0.586. The molecule has 7 nitrogen and oxygen atoms in total. The van der Waals surface area contributed by atoms with E-state index in [9.17, 15) is 9.59 Å². The predicted molar refractivity (Wildman–Crippen MR) is 118 cm³/mol. The maximum Gasteiger partial charge on any atom is 0.338 e. The molecular weight excluding hydrogens is 408 g/mol. The Bertz CT molecular complexity index is 1180. The SMILES string of the molecule is CCOC(=O)c1ccc(N[C@@H]2c3ccccc3C(=O)N2Cc2ccc3c(c2)OCO3)cc1. The first-order chi connectivity index (χ1) is 15.6. The number of fused-ring (bicyclic) bond motifs is 2. The summed E-state index contributed by atoms with van der Waals surface area (Å²) in [6.45, 7) is 2.72. The fraction of sp³-hybridized carbons (Fsp3) is 0.200. The summed E-state index contributed by atoms with van der Waals surface area (Å²) in [6, 6.07) is 20.4. The van der Waals surface area contributed by atoms with Crippen molar-refractivity contribution in [1.29, 1.82) is 0 Å². The summed E-state index contributed by atoms with van der Waals surface area (Å²) in [7, 11) is 0. The lowest BCUT2D eigenvalue weighted by atomic mass is 10.1. The van der Waals surface area contributed by atoms with Crippen molar-refractivity contribution >= 4 is 17.6 Å². The Morgan fingerprint density at radius 2 is 1.84 bits per heavy atom. The number of hydrogen-bond acceptors (Lipinski definition) is 6. The fourth-order valence-corrected chi connectivity index (χ4v) is 4.00. The number of benzene rings is 3. The van der Waals surface area contributed by atoms with Crippen LogP contribution in [0.1, 0.15) is 44.9 Å². The van der Waals surface area contributed by atoms with Gasteiger partial charge in [0, 0.05) is 23.4 Å². The van der Waals surface area contributed by atoms with Crippen molar-refractivity contribution in [3.8, 4) is 11.5 Å². The lowest BCUT2D eigenvalue weighted by Gasteiger charge is -2.27. The van der Waals surface area contributed by atoms with Crippen LogP contribution in [0, 0.1) is 0 Å². The van der Waals surface area contributed by atoms with E-state index in [4.69, 9.17) is 14.2 Å². The normalized spacial score (nSPS) is 16.1. The first-order valence-corrected chi connectivity index (χ1v) is 10.5. The molecule has 0 bridgehead atoms. The molecule has 0 saturated carbocycles. The average Bonchev–Trinajstić information content (AvgIpc) is 3.38. The predicted octanol–water partition coefficient (Wildman–Crippen LogP) is 4.36. The van der Waals surface area contributed by atoms with Gasteiger partial charge in [-0.15, -0.1) is 0 Å². The number of nitrogens with zero attached hydrogens (tertiary/aromatic N) is 1. The Labute approximate surface area is 185 Å². The van der Waals surface area contributed by atoms with Gasteiger partial charge < -0.3 is 24.4 Å². The van der Waals surface area contributed by atoms with Crippen LogP contribution >= 0.6 is 0 Å². The first kappa shape index (κ1) is 19.9. The van der Waals surface area contributed by atoms with E-state index in [-0.39, 0.29) is 24.8 Å². The molecule has 0 aliphatic carbocycles. The molecule has 2 aliphatic heterocycles. The highest BCUT2D eigenvalue weighted by Crippen LogP contribution is 2.37. The summed E-state index contributed by atoms with van der Waals surface area (Å²) >= 11 is 0. The smallest absolute Gasteiger partial charge is 0.338 e. The third-order valence-corrected chi connectivity index (χ3v) is 5.55. The molecule has 2 aliphatic rings. The highest BCUT2D eigenvalue weighted by Gasteiger charge is 2.36. The number of hydrogen-bond donors (Lipinski definition) is 1. The van der Waals surface area contributed by atoms with Gasteiger partial charge in [0.2, 0.25) is 6.79 Å². The summed E-state index contributed by atoms with van der Waals surface area (Å²) in [5.74, 6) is 0.996. The number of carbonyl (C=O) groups excluding carboxylic acids is 2. The number of ether oxygens (including phenoxy) is 3. The van der Waals surface area contributed by atoms with Crippen LogP contribution in [-0.2, 0) is 11.3 Å². The number of rotatable bonds is 6. The zero-order valence-corrected chi connectivity index (χ0v) is 17.5. The maximum absolute atomic E-state index is 13.2. The minimum atomic E-state index is -0.357. The van der Waals surface area contributed by atoms with Gasteiger partial charge >= 0.3 is 5.97 Å². The third kappa shape index (κ3) is 3.62. The second kappa shape index (κ2) is 8.26. The molecule has 0 unspecified atom stereocenters. The van der Waals surface area contributed by atoms with E-state index < -0.39 is 0 Å². The molecule has 1 amide bonds. The van der Waals surface area contributed by atoms with Crippen molar-refractivity contribution in [2.24, 2.45) is 0 Å². The van der Waals surface area contributed by atoms with E-state index in [2.05, 4.69) is 5.32 Å². The number of nitrogens with one attached hydrogen (secondary N) is 1. The third-order valence-electron chi connectivity index (χ3n) is 5.55. The monoisotopic (exact) mass is 430 g/mol. The molecule has 3 aromatic carbocycles. The Balaban J connectivity index is 1.41. The minimum absolute atomic E-state index is 0.0427. The number of esters is 1. The van der Waals surface area contributed by atoms with Crippen molar-refractivity contribution in [2.45, 2.75) is 19.6 Å². The molecular formula is C25H22N2O5. The van der Waals surface area contributed by atoms with Gasteiger partial charge in [0.05, 0.1) is 12.2 Å². The molecule has 32 heavy (non-hydrogen) atoms. The fourth-order valence-electron chi connectivity index (χ4n) is 4.00. The lowest BCUT2D eigenvalue weighted by Crippen LogP contribution is -2.31. The molecule has 0 spiro atoms. The van der Waals surface area contributed by atoms with E-state index in [0.29, 0.717) is 35.8 Å². The zero-order chi connectivity index (χ0) is 22.1. The highest BCUT2D eigenvalue weighted by atomic mass is 16.7. The van der Waals surface area contributed by atoms with Gasteiger partial charge in [-0.25, -0.2) is 4.79 Å². The molecule has 1 N–H and O–H groups in total. The van der Waals surface area contributed by atoms with Crippen LogP contribution in [0.3, 0.4) is 0 Å². The summed E-state index contributed by atoms with van der Waals surface area (Å²) in [4.78, 5) is 26.9. The molecule has 0 saturated heterocycles. The Morgan fingerprint density at radius 1 is 1.06 bits per heavy atom. The van der Waals surface area contributed by atoms with Crippen LogP contribution in [-0.4, -0.2) is 30.2 Å². The molecule has 0 radical (unpaired) electrons. The van der Waals surface area contributed by atoms with Gasteiger partial charge in [0.1, 0.15) is 6.17 Å². The van der Waals surface area contributed by atoms with Crippen LogP contribution < -0.4 is 14.8 Å². The number of amides is 1. The molecule has 2 heterocycles. The van der Waals surface area contributed by atoms with E-state index in [1.807, 2.05) is 54.6 Å². The Kier molecular flexibility index (Phi) is 5.15. The van der Waals surface area contributed by atoms with Crippen molar-refractivity contribution in [2.75, 3.05) is 18.7 Å². The molecule has 1 atom stereocenters. The second-order valence-electron chi connectivity index (χ2n) is 7.55. The Hall–Kier alpha value is -4.00. The van der Waals surface area contributed by atoms with Gasteiger partial charge in [0.15, 0.2) is 11.5 Å².